The van der Waals surface area contributed by atoms with E-state index >= 15 is 0 Å². The molecule has 5 heteroatoms. The smallest absolute Gasteiger partial charge is 0.232 e. The van der Waals surface area contributed by atoms with Crippen LogP contribution in [-0.4, -0.2) is 24.0 Å². The molecule has 23 heavy (non-hydrogen) atoms. The van der Waals surface area contributed by atoms with Gasteiger partial charge in [0.2, 0.25) is 11.8 Å². The average molecular weight is 316 g/mol. The lowest BCUT2D eigenvalue weighted by atomic mass is 9.81. The molecule has 0 spiro atoms. The lowest BCUT2D eigenvalue weighted by Crippen LogP contribution is -2.48. The molecule has 1 atom stereocenters. The summed E-state index contributed by atoms with van der Waals surface area (Å²) < 4.78 is 6.10. The van der Waals surface area contributed by atoms with E-state index in [1.54, 1.807) is 0 Å². The fourth-order valence-electron chi connectivity index (χ4n) is 3.09. The highest BCUT2D eigenvalue weighted by molar-refractivity contribution is 5.98. The second-order valence-electron chi connectivity index (χ2n) is 7.45. The van der Waals surface area contributed by atoms with Crippen molar-refractivity contribution in [2.45, 2.75) is 52.1 Å². The predicted molar refractivity (Wildman–Crippen MR) is 88.5 cm³/mol. The Kier molecular flexibility index (Phi) is 3.82. The van der Waals surface area contributed by atoms with Gasteiger partial charge in [0.25, 0.3) is 0 Å². The molecule has 0 saturated carbocycles. The zero-order valence-corrected chi connectivity index (χ0v) is 14.0. The van der Waals surface area contributed by atoms with Gasteiger partial charge in [-0.15, -0.1) is 0 Å². The zero-order valence-electron chi connectivity index (χ0n) is 14.0. The van der Waals surface area contributed by atoms with Gasteiger partial charge < -0.3 is 15.4 Å². The van der Waals surface area contributed by atoms with E-state index in [1.165, 1.54) is 0 Å². The van der Waals surface area contributed by atoms with Gasteiger partial charge in [0.15, 0.2) is 0 Å². The van der Waals surface area contributed by atoms with Crippen LogP contribution in [0.25, 0.3) is 0 Å². The van der Waals surface area contributed by atoms with Crippen LogP contribution in [0, 0.1) is 5.41 Å². The molecule has 0 aliphatic carbocycles. The first-order chi connectivity index (χ1) is 10.8. The number of aryl methyl sites for hydroxylation is 1. The number of fused-ring (bicyclic) bond motifs is 1. The van der Waals surface area contributed by atoms with Crippen LogP contribution in [0.1, 0.15) is 45.6 Å². The summed E-state index contributed by atoms with van der Waals surface area (Å²) >= 11 is 0. The lowest BCUT2D eigenvalue weighted by Gasteiger charge is -2.35. The third-order valence-corrected chi connectivity index (χ3v) is 4.85. The van der Waals surface area contributed by atoms with Gasteiger partial charge in [-0.25, -0.2) is 0 Å². The molecule has 2 amide bonds. The third-order valence-electron chi connectivity index (χ3n) is 4.85. The molecule has 0 aromatic heterocycles. The maximum atomic E-state index is 12.7. The van der Waals surface area contributed by atoms with E-state index in [-0.39, 0.29) is 17.4 Å². The summed E-state index contributed by atoms with van der Waals surface area (Å²) in [5.74, 6) is 0.718. The Hall–Kier alpha value is -2.04. The zero-order chi connectivity index (χ0) is 16.7. The molecule has 1 fully saturated rings. The Labute approximate surface area is 136 Å². The summed E-state index contributed by atoms with van der Waals surface area (Å²) in [5.41, 5.74) is 1.04. The van der Waals surface area contributed by atoms with E-state index in [2.05, 4.69) is 24.5 Å². The minimum atomic E-state index is -0.583. The molecule has 0 bridgehead atoms. The fraction of sp³-hybridized carbons (Fsp3) is 0.556. The number of benzene rings is 1. The van der Waals surface area contributed by atoms with E-state index in [9.17, 15) is 9.59 Å². The molecular formula is C18H24N2O3. The van der Waals surface area contributed by atoms with E-state index in [1.807, 2.05) is 25.1 Å². The highest BCUT2D eigenvalue weighted by Crippen LogP contribution is 2.39. The molecule has 1 saturated heterocycles. The first-order valence-electron chi connectivity index (χ1n) is 8.18. The molecule has 124 valence electrons. The largest absolute Gasteiger partial charge is 0.485 e. The highest BCUT2D eigenvalue weighted by Gasteiger charge is 2.38. The van der Waals surface area contributed by atoms with Gasteiger partial charge >= 0.3 is 0 Å². The van der Waals surface area contributed by atoms with Crippen LogP contribution in [0.4, 0.5) is 5.69 Å². The van der Waals surface area contributed by atoms with Crippen LogP contribution in [0.5, 0.6) is 5.75 Å². The summed E-state index contributed by atoms with van der Waals surface area (Å²) in [6.07, 6.45) is 2.85. The number of anilines is 1. The van der Waals surface area contributed by atoms with Crippen molar-refractivity contribution in [1.29, 1.82) is 0 Å². The number of nitrogens with one attached hydrogen (secondary N) is 2. The van der Waals surface area contributed by atoms with Crippen molar-refractivity contribution in [2.24, 2.45) is 5.41 Å². The first-order valence-corrected chi connectivity index (χ1v) is 8.18. The first kappa shape index (κ1) is 15.8. The van der Waals surface area contributed by atoms with Crippen LogP contribution < -0.4 is 15.4 Å². The molecule has 1 unspecified atom stereocenters. The average Bonchev–Trinajstić information content (AvgIpc) is 2.50. The minimum absolute atomic E-state index is 0.0115. The molecule has 3 rings (SSSR count). The summed E-state index contributed by atoms with van der Waals surface area (Å²) in [6, 6.07) is 5.87. The van der Waals surface area contributed by atoms with Gasteiger partial charge in [0.1, 0.15) is 11.4 Å². The van der Waals surface area contributed by atoms with Gasteiger partial charge in [-0.2, -0.15) is 0 Å². The Balaban J connectivity index is 1.81. The van der Waals surface area contributed by atoms with Crippen molar-refractivity contribution in [3.05, 3.63) is 23.8 Å². The topological polar surface area (TPSA) is 67.4 Å². The number of rotatable bonds is 2. The van der Waals surface area contributed by atoms with Crippen molar-refractivity contribution >= 4 is 17.5 Å². The molecule has 2 N–H and O–H groups in total. The Morgan fingerprint density at radius 3 is 2.70 bits per heavy atom. The molecule has 5 nitrogen and oxygen atoms in total. The maximum Gasteiger partial charge on any atom is 0.232 e. The van der Waals surface area contributed by atoms with Crippen molar-refractivity contribution < 1.29 is 14.3 Å². The number of ether oxygens (including phenoxy) is 1. The van der Waals surface area contributed by atoms with Gasteiger partial charge in [-0.05, 0) is 51.7 Å². The second kappa shape index (κ2) is 5.55. The Morgan fingerprint density at radius 2 is 2.00 bits per heavy atom. The van der Waals surface area contributed by atoms with Crippen LogP contribution in [0.2, 0.25) is 0 Å². The summed E-state index contributed by atoms with van der Waals surface area (Å²) in [6.45, 7) is 6.39. The maximum absolute atomic E-state index is 12.7. The number of amides is 2. The normalized spacial score (nSPS) is 25.8. The van der Waals surface area contributed by atoms with Crippen LogP contribution in [0.15, 0.2) is 18.2 Å². The number of carbonyl (C=O) groups excluding carboxylic acids is 2. The fourth-order valence-corrected chi connectivity index (χ4v) is 3.09. The summed E-state index contributed by atoms with van der Waals surface area (Å²) in [7, 11) is 0. The van der Waals surface area contributed by atoms with E-state index in [0.717, 1.165) is 29.8 Å². The predicted octanol–water partition coefficient (Wildman–Crippen LogP) is 2.65. The monoisotopic (exact) mass is 316 g/mol. The Bertz CT molecular complexity index is 642. The molecule has 2 heterocycles. The number of hydrogen-bond acceptors (Lipinski definition) is 3. The molecule has 1 aromatic rings. The third kappa shape index (κ3) is 3.19. The van der Waals surface area contributed by atoms with Gasteiger partial charge in [0, 0.05) is 13.0 Å². The van der Waals surface area contributed by atoms with Crippen molar-refractivity contribution in [1.82, 2.24) is 5.32 Å². The molecule has 2 aliphatic heterocycles. The molecular weight excluding hydrogens is 292 g/mol. The second-order valence-corrected chi connectivity index (χ2v) is 7.45. The number of para-hydroxylation sites is 1. The SMILES string of the molecule is CC1(C)CCc2cccc(NC(=O)C3(C)CCC(=O)NC3)c2O1. The molecule has 0 radical (unpaired) electrons. The van der Waals surface area contributed by atoms with Crippen LogP contribution in [0.3, 0.4) is 0 Å². The minimum Gasteiger partial charge on any atom is -0.485 e. The standard InChI is InChI=1S/C18H24N2O3/c1-17(2)9-7-12-5-4-6-13(15(12)23-17)20-16(22)18(3)10-8-14(21)19-11-18/h4-6H,7-11H2,1-3H3,(H,19,21)(H,20,22). The van der Waals surface area contributed by atoms with Gasteiger partial charge in [-0.1, -0.05) is 12.1 Å². The number of carbonyl (C=O) groups is 2. The molecule has 2 aliphatic rings. The summed E-state index contributed by atoms with van der Waals surface area (Å²) in [5, 5.41) is 5.80. The van der Waals surface area contributed by atoms with E-state index in [0.29, 0.717) is 19.4 Å². The number of piperidine rings is 1. The molecule has 1 aromatic carbocycles. The lowest BCUT2D eigenvalue weighted by molar-refractivity contribution is -0.130. The Morgan fingerprint density at radius 1 is 1.22 bits per heavy atom. The van der Waals surface area contributed by atoms with Crippen molar-refractivity contribution in [2.75, 3.05) is 11.9 Å². The van der Waals surface area contributed by atoms with Gasteiger partial charge in [0.05, 0.1) is 11.1 Å². The quantitative estimate of drug-likeness (QED) is 0.881. The van der Waals surface area contributed by atoms with Crippen molar-refractivity contribution in [3.63, 3.8) is 0 Å². The number of hydrogen-bond donors (Lipinski definition) is 2. The van der Waals surface area contributed by atoms with E-state index in [4.69, 9.17) is 4.74 Å². The van der Waals surface area contributed by atoms with Crippen LogP contribution >= 0.6 is 0 Å². The summed E-state index contributed by atoms with van der Waals surface area (Å²) in [4.78, 5) is 24.1. The van der Waals surface area contributed by atoms with Crippen molar-refractivity contribution in [3.8, 4) is 5.75 Å². The van der Waals surface area contributed by atoms with Gasteiger partial charge in [-0.3, -0.25) is 9.59 Å². The van der Waals surface area contributed by atoms with E-state index < -0.39 is 5.41 Å². The highest BCUT2D eigenvalue weighted by atomic mass is 16.5. The van der Waals surface area contributed by atoms with Crippen LogP contribution in [-0.2, 0) is 16.0 Å².